The molecule has 0 amide bonds. The van der Waals surface area contributed by atoms with Crippen molar-refractivity contribution >= 4 is 24.3 Å². The summed E-state index contributed by atoms with van der Waals surface area (Å²) in [5.74, 6) is 0. The lowest BCUT2D eigenvalue weighted by molar-refractivity contribution is -0.394. The van der Waals surface area contributed by atoms with E-state index in [1.165, 1.54) is 0 Å². The first kappa shape index (κ1) is 16.2. The fraction of sp³-hybridized carbons (Fsp3) is 0. The molecule has 0 unspecified atom stereocenters. The van der Waals surface area contributed by atoms with Crippen molar-refractivity contribution in [3.63, 3.8) is 0 Å². The number of hydrogen-bond donors (Lipinski definition) is 0. The predicted molar refractivity (Wildman–Crippen MR) is 54.7 cm³/mol. The largest absolute Gasteiger partial charge is 0.673 e. The summed E-state index contributed by atoms with van der Waals surface area (Å²) in [6, 6.07) is 2.63. The number of nitrogens with zero attached hydrogens (tertiary/aromatic N) is 4. The van der Waals surface area contributed by atoms with Crippen LogP contribution in [0.15, 0.2) is 18.2 Å². The third-order valence-electron chi connectivity index (χ3n) is 1.42. The van der Waals surface area contributed by atoms with Crippen molar-refractivity contribution in [2.45, 2.75) is 0 Å². The van der Waals surface area contributed by atoms with E-state index in [1.807, 2.05) is 0 Å². The highest BCUT2D eigenvalue weighted by molar-refractivity contribution is 6.50. The van der Waals surface area contributed by atoms with Crippen LogP contribution in [0.3, 0.4) is 0 Å². The van der Waals surface area contributed by atoms with E-state index < -0.39 is 28.5 Å². The van der Waals surface area contributed by atoms with Gasteiger partial charge in [-0.1, -0.05) is 0 Å². The van der Waals surface area contributed by atoms with Gasteiger partial charge in [0, 0.05) is 0 Å². The van der Waals surface area contributed by atoms with Crippen LogP contribution in [0.5, 0.6) is 0 Å². The molecule has 0 aliphatic rings. The maximum absolute atomic E-state index is 10.3. The summed E-state index contributed by atoms with van der Waals surface area (Å²) in [4.78, 5) is 21.6. The molecule has 0 aliphatic heterocycles. The van der Waals surface area contributed by atoms with E-state index in [0.29, 0.717) is 0 Å². The highest BCUT2D eigenvalue weighted by Gasteiger charge is 2.22. The highest BCUT2D eigenvalue weighted by Crippen LogP contribution is 2.27. The molecular weight excluding hydrogens is 279 g/mol. The summed E-state index contributed by atoms with van der Waals surface area (Å²) >= 11 is 0. The maximum Gasteiger partial charge on any atom is 0.673 e. The number of diazo groups is 1. The molecule has 0 saturated carbocycles. The summed E-state index contributed by atoms with van der Waals surface area (Å²) in [5, 5.41) is 28.9. The van der Waals surface area contributed by atoms with E-state index in [-0.39, 0.29) is 5.69 Å². The minimum absolute atomic E-state index is 0.231. The smallest absolute Gasteiger partial charge is 0.418 e. The summed E-state index contributed by atoms with van der Waals surface area (Å²) < 4.78 is 39.0. The van der Waals surface area contributed by atoms with Crippen LogP contribution in [0.2, 0.25) is 0 Å². The van der Waals surface area contributed by atoms with Gasteiger partial charge < -0.3 is 17.3 Å². The average molecular weight is 282 g/mol. The van der Waals surface area contributed by atoms with Gasteiger partial charge in [-0.3, -0.25) is 20.2 Å². The van der Waals surface area contributed by atoms with Crippen molar-refractivity contribution in [2.24, 2.45) is 0 Å². The molecule has 102 valence electrons. The second-order valence-corrected chi connectivity index (χ2v) is 2.82. The van der Waals surface area contributed by atoms with Gasteiger partial charge in [0.15, 0.2) is 4.98 Å². The van der Waals surface area contributed by atoms with Crippen molar-refractivity contribution < 1.29 is 27.1 Å². The monoisotopic (exact) mass is 282 g/mol. The van der Waals surface area contributed by atoms with Crippen molar-refractivity contribution in [1.82, 2.24) is 0 Å². The van der Waals surface area contributed by atoms with Crippen LogP contribution in [0.4, 0.5) is 34.3 Å². The zero-order valence-electron chi connectivity index (χ0n) is 8.74. The number of non-ortho nitro benzene ring substituents is 2. The fourth-order valence-electron chi connectivity index (χ4n) is 0.848. The Morgan fingerprint density at radius 1 is 1.00 bits per heavy atom. The predicted octanol–water partition coefficient (Wildman–Crippen LogP) is 3.29. The number of halogens is 4. The molecule has 13 heteroatoms. The molecule has 1 aromatic carbocycles. The van der Waals surface area contributed by atoms with E-state index in [1.54, 1.807) is 0 Å². The number of nitro groups is 2. The Kier molecular flexibility index (Phi) is 5.33. The first-order valence-corrected chi connectivity index (χ1v) is 4.21. The quantitative estimate of drug-likeness (QED) is 0.271. The zero-order valence-corrected chi connectivity index (χ0v) is 8.74. The lowest BCUT2D eigenvalue weighted by Gasteiger charge is -1.94. The van der Waals surface area contributed by atoms with Crippen LogP contribution in [0.1, 0.15) is 0 Å². The van der Waals surface area contributed by atoms with Crippen LogP contribution in [-0.2, 0) is 0 Å². The van der Waals surface area contributed by atoms with Gasteiger partial charge in [0.25, 0.3) is 11.4 Å². The molecule has 0 fully saturated rings. The minimum atomic E-state index is -6.00. The van der Waals surface area contributed by atoms with Crippen LogP contribution < -0.4 is 0 Å². The van der Waals surface area contributed by atoms with E-state index >= 15 is 0 Å². The van der Waals surface area contributed by atoms with Gasteiger partial charge in [-0.15, -0.1) is 0 Å². The third kappa shape index (κ3) is 7.20. The molecule has 0 spiro atoms. The van der Waals surface area contributed by atoms with Crippen molar-refractivity contribution in [3.05, 3.63) is 43.4 Å². The van der Waals surface area contributed by atoms with Gasteiger partial charge in [-0.2, -0.15) is 0 Å². The number of rotatable bonds is 2. The minimum Gasteiger partial charge on any atom is -0.418 e. The lowest BCUT2D eigenvalue weighted by Crippen LogP contribution is -2.02. The van der Waals surface area contributed by atoms with Gasteiger partial charge in [-0.25, -0.2) is 0 Å². The van der Waals surface area contributed by atoms with E-state index in [9.17, 15) is 37.5 Å². The van der Waals surface area contributed by atoms with Crippen molar-refractivity contribution in [1.29, 1.82) is 5.39 Å². The Hall–Kier alpha value is -2.78. The Morgan fingerprint density at radius 2 is 1.32 bits per heavy atom. The maximum atomic E-state index is 10.3. The Labute approximate surface area is 101 Å². The molecule has 0 aliphatic carbocycles. The van der Waals surface area contributed by atoms with Gasteiger partial charge in [0.1, 0.15) is 12.1 Å². The number of benzene rings is 1. The summed E-state index contributed by atoms with van der Waals surface area (Å²) in [7, 11) is -6.00. The SMILES string of the molecule is F[B-](F)(F)F.N#[N+]c1cc([N+](=O)[O-])cc([N+](=O)[O-])c1. The van der Waals surface area contributed by atoms with Gasteiger partial charge >= 0.3 is 12.9 Å². The summed E-state index contributed by atoms with van der Waals surface area (Å²) in [6.07, 6.45) is 0. The first-order chi connectivity index (χ1) is 8.54. The molecule has 0 heterocycles. The molecule has 0 atom stereocenters. The van der Waals surface area contributed by atoms with Crippen LogP contribution >= 0.6 is 0 Å². The van der Waals surface area contributed by atoms with Gasteiger partial charge in [-0.05, 0) is 0 Å². The van der Waals surface area contributed by atoms with Crippen molar-refractivity contribution in [3.8, 4) is 0 Å². The first-order valence-electron chi connectivity index (χ1n) is 4.21. The molecule has 1 rings (SSSR count). The van der Waals surface area contributed by atoms with Crippen LogP contribution in [0.25, 0.3) is 4.98 Å². The molecule has 1 aromatic rings. The normalized spacial score (nSPS) is 9.84. The van der Waals surface area contributed by atoms with E-state index in [0.717, 1.165) is 18.2 Å². The van der Waals surface area contributed by atoms with E-state index in [4.69, 9.17) is 5.39 Å². The molecule has 0 bridgehead atoms. The lowest BCUT2D eigenvalue weighted by atomic mass is 10.2. The van der Waals surface area contributed by atoms with Crippen molar-refractivity contribution in [2.75, 3.05) is 0 Å². The molecule has 19 heavy (non-hydrogen) atoms. The molecule has 8 nitrogen and oxygen atoms in total. The Bertz CT molecular complexity index is 505. The van der Waals surface area contributed by atoms with Crippen LogP contribution in [-0.4, -0.2) is 17.1 Å². The van der Waals surface area contributed by atoms with Gasteiger partial charge in [0.2, 0.25) is 5.39 Å². The highest BCUT2D eigenvalue weighted by atomic mass is 19.5. The Balaban J connectivity index is 0.000000555. The standard InChI is InChI=1S/C6H3N4O4.BF4/c7-8-4-1-5(9(11)12)3-6(2-4)10(13)14;2-1(3,4)5/h1-3H;/q+1;-1. The van der Waals surface area contributed by atoms with Crippen LogP contribution in [0, 0.1) is 25.6 Å². The second kappa shape index (κ2) is 6.24. The van der Waals surface area contributed by atoms with Gasteiger partial charge in [0.05, 0.1) is 15.9 Å². The summed E-state index contributed by atoms with van der Waals surface area (Å²) in [6.45, 7) is 0. The third-order valence-corrected chi connectivity index (χ3v) is 1.42. The second-order valence-electron chi connectivity index (χ2n) is 2.82. The van der Waals surface area contributed by atoms with E-state index in [2.05, 4.69) is 4.98 Å². The average Bonchev–Trinajstić information content (AvgIpc) is 2.25. The molecule has 0 N–H and O–H groups in total. The molecule has 0 radical (unpaired) electrons. The Morgan fingerprint density at radius 3 is 1.53 bits per heavy atom. The fourth-order valence-corrected chi connectivity index (χ4v) is 0.848. The molecule has 0 saturated heterocycles. The number of hydrogen-bond acceptors (Lipinski definition) is 5. The topological polar surface area (TPSA) is 114 Å². The zero-order chi connectivity index (χ0) is 15.2. The molecule has 0 aromatic heterocycles. The number of nitro benzene ring substituents is 2. The molecular formula is C6H3BF4N4O4. The summed E-state index contributed by atoms with van der Waals surface area (Å²) in [5.41, 5.74) is -1.22.